The quantitative estimate of drug-likeness (QED) is 0.561. The molecular weight excluding hydrogens is 362 g/mol. The third-order valence-electron chi connectivity index (χ3n) is 4.77. The molecule has 29 heavy (non-hydrogen) atoms. The van der Waals surface area contributed by atoms with Gasteiger partial charge >= 0.3 is 0 Å². The normalized spacial score (nSPS) is 11.9. The van der Waals surface area contributed by atoms with Gasteiger partial charge in [-0.3, -0.25) is 9.59 Å². The second-order valence-corrected chi connectivity index (χ2v) is 7.58. The molecule has 0 radical (unpaired) electrons. The Morgan fingerprint density at radius 3 is 2.34 bits per heavy atom. The molecule has 156 valence electrons. The second kappa shape index (κ2) is 11.4. The van der Waals surface area contributed by atoms with Gasteiger partial charge in [-0.1, -0.05) is 57.5 Å². The van der Waals surface area contributed by atoms with Gasteiger partial charge in [0.05, 0.1) is 6.54 Å². The first-order valence-electron chi connectivity index (χ1n) is 10.4. The highest BCUT2D eigenvalue weighted by Gasteiger charge is 2.17. The summed E-state index contributed by atoms with van der Waals surface area (Å²) < 4.78 is 0. The molecule has 0 aliphatic heterocycles. The number of rotatable bonds is 10. The van der Waals surface area contributed by atoms with E-state index in [1.165, 1.54) is 11.1 Å². The molecule has 2 aromatic rings. The fourth-order valence-electron chi connectivity index (χ4n) is 3.33. The zero-order valence-electron chi connectivity index (χ0n) is 17.9. The van der Waals surface area contributed by atoms with Crippen LogP contribution in [0.2, 0.25) is 0 Å². The summed E-state index contributed by atoms with van der Waals surface area (Å²) in [6.07, 6.45) is 2.21. The van der Waals surface area contributed by atoms with Crippen LogP contribution in [0.1, 0.15) is 61.6 Å². The number of anilines is 1. The highest BCUT2D eigenvalue weighted by molar-refractivity contribution is 5.97. The summed E-state index contributed by atoms with van der Waals surface area (Å²) >= 11 is 0. The summed E-state index contributed by atoms with van der Waals surface area (Å²) in [5.41, 5.74) is 3.67. The van der Waals surface area contributed by atoms with Crippen LogP contribution in [0.4, 0.5) is 5.69 Å². The molecule has 0 saturated carbocycles. The molecule has 0 bridgehead atoms. The fraction of sp³-hybridized carbons (Fsp3) is 0.417. The van der Waals surface area contributed by atoms with Crippen molar-refractivity contribution in [1.29, 1.82) is 0 Å². The molecule has 0 fully saturated rings. The van der Waals surface area contributed by atoms with Crippen LogP contribution in [-0.4, -0.2) is 24.9 Å². The van der Waals surface area contributed by atoms with E-state index < -0.39 is 0 Å². The van der Waals surface area contributed by atoms with Crippen LogP contribution in [0.15, 0.2) is 48.5 Å². The van der Waals surface area contributed by atoms with Gasteiger partial charge < -0.3 is 16.0 Å². The molecule has 0 aliphatic carbocycles. The number of hydrogen-bond donors (Lipinski definition) is 3. The summed E-state index contributed by atoms with van der Waals surface area (Å²) in [7, 11) is 0. The van der Waals surface area contributed by atoms with Crippen molar-refractivity contribution in [2.75, 3.05) is 18.4 Å². The van der Waals surface area contributed by atoms with Gasteiger partial charge in [0.15, 0.2) is 0 Å². The van der Waals surface area contributed by atoms with Gasteiger partial charge in [0.25, 0.3) is 5.91 Å². The van der Waals surface area contributed by atoms with Crippen LogP contribution >= 0.6 is 0 Å². The molecule has 0 aromatic heterocycles. The van der Waals surface area contributed by atoms with E-state index in [0.29, 0.717) is 23.7 Å². The third-order valence-corrected chi connectivity index (χ3v) is 4.77. The molecular formula is C24H33N3O2. The van der Waals surface area contributed by atoms with Gasteiger partial charge in [-0.2, -0.15) is 0 Å². The average molecular weight is 396 g/mol. The number of carbonyl (C=O) groups is 2. The lowest BCUT2D eigenvalue weighted by Gasteiger charge is -2.23. The minimum atomic E-state index is -0.145. The fourth-order valence-corrected chi connectivity index (χ4v) is 3.33. The number of aryl methyl sites for hydroxylation is 1. The molecule has 2 amide bonds. The highest BCUT2D eigenvalue weighted by atomic mass is 16.2. The summed E-state index contributed by atoms with van der Waals surface area (Å²) in [5.74, 6) is 0.0697. The molecule has 0 heterocycles. The van der Waals surface area contributed by atoms with Gasteiger partial charge in [-0.05, 0) is 48.6 Å². The zero-order chi connectivity index (χ0) is 21.2. The molecule has 2 aromatic carbocycles. The molecule has 0 aliphatic rings. The number of hydrogen-bond acceptors (Lipinski definition) is 3. The third kappa shape index (κ3) is 7.02. The summed E-state index contributed by atoms with van der Waals surface area (Å²) in [6, 6.07) is 15.7. The maximum Gasteiger partial charge on any atom is 0.251 e. The van der Waals surface area contributed by atoms with Gasteiger partial charge in [-0.25, -0.2) is 0 Å². The van der Waals surface area contributed by atoms with Crippen molar-refractivity contribution in [1.82, 2.24) is 10.6 Å². The first kappa shape index (κ1) is 22.6. The predicted molar refractivity (Wildman–Crippen MR) is 119 cm³/mol. The largest absolute Gasteiger partial charge is 0.352 e. The van der Waals surface area contributed by atoms with Crippen molar-refractivity contribution in [2.24, 2.45) is 5.92 Å². The molecule has 5 nitrogen and oxygen atoms in total. The molecule has 0 spiro atoms. The van der Waals surface area contributed by atoms with E-state index in [-0.39, 0.29) is 24.4 Å². The summed E-state index contributed by atoms with van der Waals surface area (Å²) in [4.78, 5) is 24.4. The summed E-state index contributed by atoms with van der Waals surface area (Å²) in [6.45, 7) is 9.10. The number of nitrogens with one attached hydrogen (secondary N) is 3. The molecule has 0 saturated heterocycles. The van der Waals surface area contributed by atoms with Crippen molar-refractivity contribution in [3.63, 3.8) is 0 Å². The average Bonchev–Trinajstić information content (AvgIpc) is 2.69. The lowest BCUT2D eigenvalue weighted by atomic mass is 9.94. The monoisotopic (exact) mass is 395 g/mol. The first-order valence-corrected chi connectivity index (χ1v) is 10.4. The molecule has 3 N–H and O–H groups in total. The Bertz CT molecular complexity index is 800. The van der Waals surface area contributed by atoms with Gasteiger partial charge in [0.2, 0.25) is 5.91 Å². The highest BCUT2D eigenvalue weighted by Crippen LogP contribution is 2.22. The van der Waals surface area contributed by atoms with E-state index in [1.54, 1.807) is 24.3 Å². The second-order valence-electron chi connectivity index (χ2n) is 7.58. The minimum absolute atomic E-state index is 0.0955. The van der Waals surface area contributed by atoms with Crippen LogP contribution in [0.5, 0.6) is 0 Å². The van der Waals surface area contributed by atoms with Crippen molar-refractivity contribution in [2.45, 2.75) is 46.6 Å². The Morgan fingerprint density at radius 1 is 1.00 bits per heavy atom. The Balaban J connectivity index is 1.97. The SMILES string of the molecule is CCCc1ccc([C@@H](NCC(=O)Nc2cccc(C(=O)NCC)c2)C(C)C)cc1. The van der Waals surface area contributed by atoms with Gasteiger partial charge in [0, 0.05) is 23.8 Å². The maximum atomic E-state index is 12.4. The molecule has 0 unspecified atom stereocenters. The van der Waals surface area contributed by atoms with E-state index in [1.807, 2.05) is 6.92 Å². The van der Waals surface area contributed by atoms with Crippen molar-refractivity contribution >= 4 is 17.5 Å². The zero-order valence-corrected chi connectivity index (χ0v) is 17.9. The Hall–Kier alpha value is -2.66. The van der Waals surface area contributed by atoms with Crippen LogP contribution in [0, 0.1) is 5.92 Å². The molecule has 2 rings (SSSR count). The van der Waals surface area contributed by atoms with Crippen LogP contribution in [0.25, 0.3) is 0 Å². The maximum absolute atomic E-state index is 12.4. The van der Waals surface area contributed by atoms with Gasteiger partial charge in [0.1, 0.15) is 0 Å². The van der Waals surface area contributed by atoms with E-state index in [4.69, 9.17) is 0 Å². The Labute approximate surface area is 174 Å². The number of benzene rings is 2. The van der Waals surface area contributed by atoms with Crippen LogP contribution in [0.3, 0.4) is 0 Å². The molecule has 1 atom stereocenters. The van der Waals surface area contributed by atoms with E-state index in [9.17, 15) is 9.59 Å². The minimum Gasteiger partial charge on any atom is -0.352 e. The van der Waals surface area contributed by atoms with Crippen molar-refractivity contribution in [3.05, 3.63) is 65.2 Å². The lowest BCUT2D eigenvalue weighted by Crippen LogP contribution is -2.33. The smallest absolute Gasteiger partial charge is 0.251 e. The number of carbonyl (C=O) groups excluding carboxylic acids is 2. The Morgan fingerprint density at radius 2 is 1.72 bits per heavy atom. The van der Waals surface area contributed by atoms with E-state index in [2.05, 4.69) is 61.0 Å². The Kier molecular flexibility index (Phi) is 8.87. The van der Waals surface area contributed by atoms with Crippen molar-refractivity contribution < 1.29 is 9.59 Å². The van der Waals surface area contributed by atoms with Gasteiger partial charge in [-0.15, -0.1) is 0 Å². The topological polar surface area (TPSA) is 70.2 Å². The standard InChI is InChI=1S/C24H33N3O2/c1-5-8-18-11-13-19(14-12-18)23(17(3)4)26-16-22(28)27-21-10-7-9-20(15-21)24(29)25-6-2/h7,9-15,17,23,26H,5-6,8,16H2,1-4H3,(H,25,29)(H,27,28)/t23-/m0/s1. The number of amides is 2. The first-order chi connectivity index (χ1) is 13.9. The molecule has 5 heteroatoms. The predicted octanol–water partition coefficient (Wildman–Crippen LogP) is 4.31. The van der Waals surface area contributed by atoms with Crippen LogP contribution < -0.4 is 16.0 Å². The van der Waals surface area contributed by atoms with Crippen LogP contribution in [-0.2, 0) is 11.2 Å². The van der Waals surface area contributed by atoms with Crippen molar-refractivity contribution in [3.8, 4) is 0 Å². The lowest BCUT2D eigenvalue weighted by molar-refractivity contribution is -0.115. The summed E-state index contributed by atoms with van der Waals surface area (Å²) in [5, 5.41) is 9.00. The van der Waals surface area contributed by atoms with E-state index >= 15 is 0 Å². The van der Waals surface area contributed by atoms with E-state index in [0.717, 1.165) is 12.8 Å².